The van der Waals surface area contributed by atoms with Gasteiger partial charge in [0.15, 0.2) is 0 Å². The predicted octanol–water partition coefficient (Wildman–Crippen LogP) is 6.00. The first-order chi connectivity index (χ1) is 10.1. The summed E-state index contributed by atoms with van der Waals surface area (Å²) in [5.74, 6) is 4.81. The summed E-state index contributed by atoms with van der Waals surface area (Å²) in [6, 6.07) is 0. The van der Waals surface area contributed by atoms with Gasteiger partial charge in [-0.1, -0.05) is 51.5 Å². The average Bonchev–Trinajstić information content (AvgIpc) is 2.83. The van der Waals surface area contributed by atoms with Crippen molar-refractivity contribution >= 4 is 0 Å². The van der Waals surface area contributed by atoms with Crippen molar-refractivity contribution < 1.29 is 0 Å². The van der Waals surface area contributed by atoms with E-state index in [2.05, 4.69) is 45.1 Å². The Morgan fingerprint density at radius 2 is 1.81 bits per heavy atom. The molecule has 0 heteroatoms. The first-order valence-electron chi connectivity index (χ1n) is 9.45. The van der Waals surface area contributed by atoms with E-state index >= 15 is 0 Å². The second kappa shape index (κ2) is 4.74. The van der Waals surface area contributed by atoms with E-state index in [1.165, 1.54) is 44.9 Å². The maximum Gasteiger partial charge on any atom is -0.00496 e. The molecule has 4 rings (SSSR count). The second-order valence-corrected chi connectivity index (χ2v) is 8.90. The Morgan fingerprint density at radius 1 is 0.952 bits per heavy atom. The molecule has 0 amide bonds. The van der Waals surface area contributed by atoms with Gasteiger partial charge in [-0.25, -0.2) is 0 Å². The van der Waals surface area contributed by atoms with E-state index in [1.807, 2.05) is 0 Å². The van der Waals surface area contributed by atoms with Crippen molar-refractivity contribution in [3.63, 3.8) is 0 Å². The average molecular weight is 284 g/mol. The predicted molar refractivity (Wildman–Crippen MR) is 89.9 cm³/mol. The monoisotopic (exact) mass is 284 g/mol. The van der Waals surface area contributed by atoms with Gasteiger partial charge in [0.05, 0.1) is 0 Å². The van der Waals surface area contributed by atoms with Crippen LogP contribution < -0.4 is 0 Å². The molecule has 0 heterocycles. The van der Waals surface area contributed by atoms with Gasteiger partial charge < -0.3 is 0 Å². The Balaban J connectivity index is 1.66. The highest BCUT2D eigenvalue weighted by molar-refractivity contribution is 5.23. The van der Waals surface area contributed by atoms with Crippen molar-refractivity contribution in [2.45, 2.75) is 65.7 Å². The van der Waals surface area contributed by atoms with Crippen LogP contribution in [0, 0.1) is 40.4 Å². The summed E-state index contributed by atoms with van der Waals surface area (Å²) in [7, 11) is 0. The first kappa shape index (κ1) is 14.1. The van der Waals surface area contributed by atoms with Crippen LogP contribution in [0.2, 0.25) is 0 Å². The highest BCUT2D eigenvalue weighted by Crippen LogP contribution is 2.66. The molecule has 0 saturated heterocycles. The molecule has 0 aromatic rings. The molecule has 0 radical (unpaired) electrons. The molecule has 7 atom stereocenters. The maximum absolute atomic E-state index is 2.65. The molecule has 0 aromatic carbocycles. The number of fused-ring (bicyclic) bond motifs is 5. The first-order valence-corrected chi connectivity index (χ1v) is 9.45. The van der Waals surface area contributed by atoms with E-state index in [4.69, 9.17) is 0 Å². The second-order valence-electron chi connectivity index (χ2n) is 8.90. The van der Waals surface area contributed by atoms with Crippen molar-refractivity contribution in [1.29, 1.82) is 0 Å². The van der Waals surface area contributed by atoms with E-state index in [0.717, 1.165) is 29.6 Å². The minimum atomic E-state index is 0.462. The summed E-state index contributed by atoms with van der Waals surface area (Å²) in [5.41, 5.74) is 1.14. The van der Waals surface area contributed by atoms with Crippen LogP contribution in [0.4, 0.5) is 0 Å². The third kappa shape index (κ3) is 1.80. The van der Waals surface area contributed by atoms with Gasteiger partial charge in [-0.3, -0.25) is 0 Å². The molecule has 0 nitrogen and oxygen atoms in total. The molecular formula is C21H32. The van der Waals surface area contributed by atoms with E-state index in [9.17, 15) is 0 Å². The molecule has 3 fully saturated rings. The summed E-state index contributed by atoms with van der Waals surface area (Å²) in [6.07, 6.45) is 20.1. The summed E-state index contributed by atoms with van der Waals surface area (Å²) in [4.78, 5) is 0. The van der Waals surface area contributed by atoms with Crippen molar-refractivity contribution in [3.05, 3.63) is 24.3 Å². The zero-order chi connectivity index (χ0) is 14.7. The van der Waals surface area contributed by atoms with Crippen LogP contribution in [0.3, 0.4) is 0 Å². The summed E-state index contributed by atoms with van der Waals surface area (Å²) in [6.45, 7) is 7.65. The zero-order valence-electron chi connectivity index (χ0n) is 14.1. The Labute approximate surface area is 131 Å². The lowest BCUT2D eigenvalue weighted by atomic mass is 9.46. The molecule has 116 valence electrons. The molecule has 1 unspecified atom stereocenters. The van der Waals surface area contributed by atoms with E-state index in [0.29, 0.717) is 10.8 Å². The lowest BCUT2D eigenvalue weighted by Gasteiger charge is -2.58. The lowest BCUT2D eigenvalue weighted by molar-refractivity contribution is -0.0670. The van der Waals surface area contributed by atoms with Crippen LogP contribution in [0.25, 0.3) is 0 Å². The topological polar surface area (TPSA) is 0 Å². The Morgan fingerprint density at radius 3 is 2.62 bits per heavy atom. The fourth-order valence-corrected chi connectivity index (χ4v) is 7.21. The van der Waals surface area contributed by atoms with Crippen molar-refractivity contribution in [1.82, 2.24) is 0 Å². The molecule has 4 aliphatic carbocycles. The minimum absolute atomic E-state index is 0.462. The van der Waals surface area contributed by atoms with Gasteiger partial charge >= 0.3 is 0 Å². The zero-order valence-corrected chi connectivity index (χ0v) is 14.1. The molecule has 4 aliphatic rings. The third-order valence-electron chi connectivity index (χ3n) is 8.45. The molecular weight excluding hydrogens is 252 g/mol. The van der Waals surface area contributed by atoms with Gasteiger partial charge in [0.1, 0.15) is 0 Å². The van der Waals surface area contributed by atoms with Gasteiger partial charge in [0.2, 0.25) is 0 Å². The fourth-order valence-electron chi connectivity index (χ4n) is 7.21. The smallest absolute Gasteiger partial charge is 0.00496 e. The third-order valence-corrected chi connectivity index (χ3v) is 8.45. The van der Waals surface area contributed by atoms with Crippen LogP contribution in [0.5, 0.6) is 0 Å². The summed E-state index contributed by atoms with van der Waals surface area (Å²) >= 11 is 0. The number of hydrogen-bond donors (Lipinski definition) is 0. The van der Waals surface area contributed by atoms with E-state index in [1.54, 1.807) is 0 Å². The Bertz CT molecular complexity index is 472. The van der Waals surface area contributed by atoms with Crippen LogP contribution in [0.15, 0.2) is 24.3 Å². The lowest BCUT2D eigenvalue weighted by Crippen LogP contribution is -2.51. The van der Waals surface area contributed by atoms with E-state index < -0.39 is 0 Å². The molecule has 21 heavy (non-hydrogen) atoms. The van der Waals surface area contributed by atoms with Crippen molar-refractivity contribution in [2.24, 2.45) is 40.4 Å². The Hall–Kier alpha value is -0.520. The molecule has 0 aliphatic heterocycles. The van der Waals surface area contributed by atoms with Crippen molar-refractivity contribution in [2.75, 3.05) is 0 Å². The van der Waals surface area contributed by atoms with Gasteiger partial charge in [0, 0.05) is 0 Å². The molecule has 3 saturated carbocycles. The largest absolute Gasteiger partial charge is 0.0806 e. The fraction of sp³-hybridized carbons (Fsp3) is 0.810. The quantitative estimate of drug-likeness (QED) is 0.554. The van der Waals surface area contributed by atoms with Crippen LogP contribution in [-0.2, 0) is 0 Å². The van der Waals surface area contributed by atoms with Gasteiger partial charge in [-0.05, 0) is 78.9 Å². The standard InChI is InChI=1S/C21H32/c1-4-15-9-11-18-17-10-8-16-7-5-6-13-20(16,2)19(17)12-14-21(15,18)3/h5-7,13,15-19H,4,8-12,14H2,1-3H3/t15-,16?,17-,18-,19-,20-,21+/m0/s1. The number of rotatable bonds is 1. The molecule has 0 aromatic heterocycles. The molecule has 0 spiro atoms. The van der Waals surface area contributed by atoms with Crippen molar-refractivity contribution in [3.8, 4) is 0 Å². The van der Waals surface area contributed by atoms with Gasteiger partial charge in [-0.2, -0.15) is 0 Å². The Kier molecular flexibility index (Phi) is 3.18. The normalized spacial score (nSPS) is 54.9. The van der Waals surface area contributed by atoms with E-state index in [-0.39, 0.29) is 0 Å². The minimum Gasteiger partial charge on any atom is -0.0806 e. The van der Waals surface area contributed by atoms with Crippen LogP contribution in [0.1, 0.15) is 65.7 Å². The summed E-state index contributed by atoms with van der Waals surface area (Å²) in [5, 5.41) is 0. The molecule has 0 N–H and O–H groups in total. The van der Waals surface area contributed by atoms with Gasteiger partial charge in [0.25, 0.3) is 0 Å². The number of allylic oxidation sites excluding steroid dienone is 4. The van der Waals surface area contributed by atoms with Gasteiger partial charge in [-0.15, -0.1) is 0 Å². The highest BCUT2D eigenvalue weighted by atomic mass is 14.6. The molecule has 0 bridgehead atoms. The maximum atomic E-state index is 2.65. The SMILES string of the molecule is CC[C@H]1CC[C@H]2[C@@H]3CCC4C=CC=C[C@]4(C)[C@H]3CC[C@]12C. The van der Waals surface area contributed by atoms with Crippen LogP contribution >= 0.6 is 0 Å². The number of hydrogen-bond acceptors (Lipinski definition) is 0. The van der Waals surface area contributed by atoms with Crippen LogP contribution in [-0.4, -0.2) is 0 Å². The highest BCUT2D eigenvalue weighted by Gasteiger charge is 2.58. The summed E-state index contributed by atoms with van der Waals surface area (Å²) < 4.78 is 0.